The summed E-state index contributed by atoms with van der Waals surface area (Å²) in [6.07, 6.45) is -1.79. The van der Waals surface area contributed by atoms with Crippen LogP contribution < -0.4 is 24.7 Å². The van der Waals surface area contributed by atoms with Crippen LogP contribution in [0.15, 0.2) is 24.3 Å². The lowest BCUT2D eigenvalue weighted by Crippen LogP contribution is -2.12. The second-order valence-electron chi connectivity index (χ2n) is 5.89. The van der Waals surface area contributed by atoms with Crippen LogP contribution in [0, 0.1) is 0 Å². The summed E-state index contributed by atoms with van der Waals surface area (Å²) >= 11 is 0. The molecule has 154 valence electrons. The van der Waals surface area contributed by atoms with Crippen molar-refractivity contribution in [3.8, 4) is 23.0 Å². The van der Waals surface area contributed by atoms with E-state index < -0.39 is 12.4 Å². The lowest BCUT2D eigenvalue weighted by Gasteiger charge is -2.24. The molecular formula is C20H27NO7. The van der Waals surface area contributed by atoms with E-state index >= 15 is 0 Å². The Morgan fingerprint density at radius 1 is 0.714 bits per heavy atom. The number of hydrogen-bond acceptors (Lipinski definition) is 8. The van der Waals surface area contributed by atoms with E-state index in [0.29, 0.717) is 45.4 Å². The van der Waals surface area contributed by atoms with Crippen molar-refractivity contribution in [3.63, 3.8) is 0 Å². The van der Waals surface area contributed by atoms with Gasteiger partial charge in [0.15, 0.2) is 29.3 Å². The third kappa shape index (κ3) is 4.09. The fraction of sp³-hybridized carbons (Fsp3) is 0.400. The lowest BCUT2D eigenvalue weighted by atomic mass is 9.95. The van der Waals surface area contributed by atoms with E-state index in [9.17, 15) is 5.11 Å². The second kappa shape index (κ2) is 9.50. The molecular weight excluding hydrogens is 366 g/mol. The van der Waals surface area contributed by atoms with Crippen molar-refractivity contribution < 1.29 is 33.5 Å². The van der Waals surface area contributed by atoms with Crippen LogP contribution in [0.1, 0.15) is 29.1 Å². The zero-order chi connectivity index (χ0) is 20.8. The van der Waals surface area contributed by atoms with Crippen LogP contribution in [0.2, 0.25) is 0 Å². The Balaban J connectivity index is 2.66. The van der Waals surface area contributed by atoms with Crippen LogP contribution >= 0.6 is 0 Å². The third-order valence-corrected chi connectivity index (χ3v) is 4.41. The molecule has 0 aliphatic heterocycles. The summed E-state index contributed by atoms with van der Waals surface area (Å²) in [5.74, 6) is 1.75. The summed E-state index contributed by atoms with van der Waals surface area (Å²) in [6, 6.07) is 6.67. The van der Waals surface area contributed by atoms with Gasteiger partial charge >= 0.3 is 0 Å². The number of nitrogen functional groups attached to an aromatic ring is 1. The molecule has 0 amide bonds. The van der Waals surface area contributed by atoms with Crippen molar-refractivity contribution in [2.24, 2.45) is 0 Å². The molecule has 2 aromatic carbocycles. The van der Waals surface area contributed by atoms with Crippen molar-refractivity contribution in [2.45, 2.75) is 12.4 Å². The summed E-state index contributed by atoms with van der Waals surface area (Å²) in [6.45, 7) is 0. The number of hydrogen-bond donors (Lipinski definition) is 2. The normalized spacial score (nSPS) is 12.0. The zero-order valence-electron chi connectivity index (χ0n) is 16.9. The molecule has 28 heavy (non-hydrogen) atoms. The molecule has 0 aliphatic rings. The van der Waals surface area contributed by atoms with Gasteiger partial charge < -0.3 is 39.3 Å². The van der Waals surface area contributed by atoms with Crippen LogP contribution in [-0.2, 0) is 9.47 Å². The SMILES string of the molecule is COc1cc(C(OC)OC)c(C(O)c2cc(N)c(OC)c(OC)c2)cc1OC. The predicted molar refractivity (Wildman–Crippen MR) is 104 cm³/mol. The molecule has 2 aromatic rings. The van der Waals surface area contributed by atoms with Crippen LogP contribution in [0.5, 0.6) is 23.0 Å². The molecule has 0 saturated heterocycles. The van der Waals surface area contributed by atoms with Crippen molar-refractivity contribution >= 4 is 5.69 Å². The fourth-order valence-electron chi connectivity index (χ4n) is 3.05. The van der Waals surface area contributed by atoms with Crippen LogP contribution in [0.3, 0.4) is 0 Å². The number of aliphatic hydroxyl groups is 1. The molecule has 0 aromatic heterocycles. The summed E-state index contributed by atoms with van der Waals surface area (Å²) < 4.78 is 32.1. The number of rotatable bonds is 9. The Labute approximate surface area is 164 Å². The van der Waals surface area contributed by atoms with E-state index in [1.165, 1.54) is 42.7 Å². The maximum Gasteiger partial charge on any atom is 0.183 e. The Bertz CT molecular complexity index is 806. The van der Waals surface area contributed by atoms with E-state index in [1.807, 2.05) is 0 Å². The first-order valence-electron chi connectivity index (χ1n) is 8.46. The van der Waals surface area contributed by atoms with E-state index in [1.54, 1.807) is 24.3 Å². The first-order valence-corrected chi connectivity index (χ1v) is 8.46. The summed E-state index contributed by atoms with van der Waals surface area (Å²) in [5.41, 5.74) is 8.01. The Hall–Kier alpha value is -2.68. The highest BCUT2D eigenvalue weighted by Gasteiger charge is 2.25. The van der Waals surface area contributed by atoms with Gasteiger partial charge in [-0.1, -0.05) is 0 Å². The van der Waals surface area contributed by atoms with Gasteiger partial charge in [0, 0.05) is 19.8 Å². The zero-order valence-corrected chi connectivity index (χ0v) is 16.9. The lowest BCUT2D eigenvalue weighted by molar-refractivity contribution is -0.107. The minimum atomic E-state index is -1.07. The standard InChI is InChI=1S/C20H27NO7/c1-23-15-9-12(13(10-16(15)24-2)20(27-5)28-6)18(22)11-7-14(21)19(26-4)17(8-11)25-3/h7-10,18,20,22H,21H2,1-6H3. The van der Waals surface area contributed by atoms with Gasteiger partial charge in [-0.2, -0.15) is 0 Å². The molecule has 1 unspecified atom stereocenters. The Kier molecular flexibility index (Phi) is 7.33. The van der Waals surface area contributed by atoms with Crippen molar-refractivity contribution in [3.05, 3.63) is 41.0 Å². The van der Waals surface area contributed by atoms with Gasteiger partial charge in [-0.15, -0.1) is 0 Å². The summed E-state index contributed by atoms with van der Waals surface area (Å²) in [5, 5.41) is 11.1. The topological polar surface area (TPSA) is 102 Å². The molecule has 3 N–H and O–H groups in total. The summed E-state index contributed by atoms with van der Waals surface area (Å²) in [7, 11) is 9.07. The van der Waals surface area contributed by atoms with E-state index in [2.05, 4.69) is 0 Å². The molecule has 1 atom stereocenters. The third-order valence-electron chi connectivity index (χ3n) is 4.41. The molecule has 0 bridgehead atoms. The van der Waals surface area contributed by atoms with E-state index in [-0.39, 0.29) is 0 Å². The number of nitrogens with two attached hydrogens (primary N) is 1. The average molecular weight is 393 g/mol. The highest BCUT2D eigenvalue weighted by Crippen LogP contribution is 2.42. The van der Waals surface area contributed by atoms with Crippen LogP contribution in [0.4, 0.5) is 5.69 Å². The molecule has 0 spiro atoms. The maximum absolute atomic E-state index is 11.1. The maximum atomic E-state index is 11.1. The molecule has 8 heteroatoms. The van der Waals surface area contributed by atoms with E-state index in [0.717, 1.165) is 0 Å². The molecule has 0 saturated carbocycles. The Morgan fingerprint density at radius 3 is 1.71 bits per heavy atom. The first-order chi connectivity index (χ1) is 13.4. The second-order valence-corrected chi connectivity index (χ2v) is 5.89. The van der Waals surface area contributed by atoms with Crippen LogP contribution in [-0.4, -0.2) is 47.8 Å². The van der Waals surface area contributed by atoms with Crippen molar-refractivity contribution in [1.29, 1.82) is 0 Å². The highest BCUT2D eigenvalue weighted by atomic mass is 16.7. The number of aliphatic hydroxyl groups excluding tert-OH is 1. The van der Waals surface area contributed by atoms with Gasteiger partial charge in [-0.05, 0) is 35.4 Å². The minimum absolute atomic E-state index is 0.341. The monoisotopic (exact) mass is 393 g/mol. The largest absolute Gasteiger partial charge is 0.493 e. The van der Waals surface area contributed by atoms with Gasteiger partial charge in [0.25, 0.3) is 0 Å². The molecule has 2 rings (SSSR count). The first kappa shape index (κ1) is 21.6. The fourth-order valence-corrected chi connectivity index (χ4v) is 3.05. The van der Waals surface area contributed by atoms with Crippen molar-refractivity contribution in [2.75, 3.05) is 48.4 Å². The average Bonchev–Trinajstić information content (AvgIpc) is 2.72. The number of benzene rings is 2. The van der Waals surface area contributed by atoms with Gasteiger partial charge in [0.1, 0.15) is 6.10 Å². The Morgan fingerprint density at radius 2 is 1.25 bits per heavy atom. The molecule has 0 heterocycles. The predicted octanol–water partition coefficient (Wildman–Crippen LogP) is 2.68. The molecule has 0 radical (unpaired) electrons. The quantitative estimate of drug-likeness (QED) is 0.495. The van der Waals surface area contributed by atoms with Crippen LogP contribution in [0.25, 0.3) is 0 Å². The molecule has 0 fully saturated rings. The summed E-state index contributed by atoms with van der Waals surface area (Å²) in [4.78, 5) is 0. The highest BCUT2D eigenvalue weighted by molar-refractivity contribution is 5.63. The molecule has 8 nitrogen and oxygen atoms in total. The number of ether oxygens (including phenoxy) is 6. The smallest absolute Gasteiger partial charge is 0.183 e. The minimum Gasteiger partial charge on any atom is -0.493 e. The van der Waals surface area contributed by atoms with Gasteiger partial charge in [0.05, 0.1) is 34.1 Å². The van der Waals surface area contributed by atoms with Gasteiger partial charge in [0.2, 0.25) is 0 Å². The molecule has 0 aliphatic carbocycles. The number of methoxy groups -OCH3 is 6. The number of anilines is 1. The van der Waals surface area contributed by atoms with E-state index in [4.69, 9.17) is 34.2 Å². The van der Waals surface area contributed by atoms with Gasteiger partial charge in [-0.3, -0.25) is 0 Å². The van der Waals surface area contributed by atoms with Gasteiger partial charge in [-0.25, -0.2) is 0 Å². The van der Waals surface area contributed by atoms with Crippen molar-refractivity contribution in [1.82, 2.24) is 0 Å².